The van der Waals surface area contributed by atoms with Crippen LogP contribution < -0.4 is 11.1 Å². The normalized spacial score (nSPS) is 17.2. The minimum Gasteiger partial charge on any atom is -0.349 e. The van der Waals surface area contributed by atoms with Gasteiger partial charge in [-0.1, -0.05) is 23.7 Å². The number of hydrogen-bond acceptors (Lipinski definition) is 2. The van der Waals surface area contributed by atoms with Gasteiger partial charge in [0.25, 0.3) is 0 Å². The maximum absolute atomic E-state index is 11.8. The summed E-state index contributed by atoms with van der Waals surface area (Å²) in [5.41, 5.74) is 6.77. The average molecular weight is 303 g/mol. The van der Waals surface area contributed by atoms with Gasteiger partial charge in [0.15, 0.2) is 0 Å². The molecule has 3 nitrogen and oxygen atoms in total. The lowest BCUT2D eigenvalue weighted by molar-refractivity contribution is -0.122. The SMILES string of the molecule is CC(N)CC(=O)NC(c1ccc(Cl)cc1)C1CC1.Cl. The molecule has 1 fully saturated rings. The second kappa shape index (κ2) is 7.13. The maximum atomic E-state index is 11.8. The van der Waals surface area contributed by atoms with Crippen molar-refractivity contribution in [2.24, 2.45) is 11.7 Å². The Morgan fingerprint density at radius 1 is 1.42 bits per heavy atom. The van der Waals surface area contributed by atoms with Gasteiger partial charge in [0.1, 0.15) is 0 Å². The molecule has 1 amide bonds. The van der Waals surface area contributed by atoms with Crippen LogP contribution in [0.2, 0.25) is 5.02 Å². The van der Waals surface area contributed by atoms with Crippen molar-refractivity contribution in [3.8, 4) is 0 Å². The largest absolute Gasteiger partial charge is 0.349 e. The number of carbonyl (C=O) groups is 1. The van der Waals surface area contributed by atoms with E-state index in [9.17, 15) is 4.79 Å². The number of nitrogens with one attached hydrogen (secondary N) is 1. The van der Waals surface area contributed by atoms with Crippen LogP contribution in [0, 0.1) is 5.92 Å². The van der Waals surface area contributed by atoms with Crippen LogP contribution >= 0.6 is 24.0 Å². The van der Waals surface area contributed by atoms with Crippen molar-refractivity contribution in [3.05, 3.63) is 34.9 Å². The van der Waals surface area contributed by atoms with Gasteiger partial charge in [-0.05, 0) is 43.4 Å². The second-order valence-corrected chi connectivity index (χ2v) is 5.55. The van der Waals surface area contributed by atoms with Crippen LogP contribution in [0.4, 0.5) is 0 Å². The number of nitrogens with two attached hydrogens (primary N) is 1. The van der Waals surface area contributed by atoms with E-state index in [1.807, 2.05) is 31.2 Å². The number of carbonyl (C=O) groups excluding carboxylic acids is 1. The molecule has 5 heteroatoms. The van der Waals surface area contributed by atoms with Crippen LogP contribution in [0.1, 0.15) is 37.8 Å². The third-order valence-electron chi connectivity index (χ3n) is 3.15. The molecule has 19 heavy (non-hydrogen) atoms. The first-order valence-corrected chi connectivity index (χ1v) is 6.74. The number of rotatable bonds is 5. The fraction of sp³-hybridized carbons (Fsp3) is 0.500. The van der Waals surface area contributed by atoms with Crippen molar-refractivity contribution in [3.63, 3.8) is 0 Å². The molecule has 2 atom stereocenters. The van der Waals surface area contributed by atoms with Crippen molar-refractivity contribution < 1.29 is 4.79 Å². The Hall–Kier alpha value is -0.770. The van der Waals surface area contributed by atoms with Crippen LogP contribution in [0.5, 0.6) is 0 Å². The second-order valence-electron chi connectivity index (χ2n) is 5.12. The summed E-state index contributed by atoms with van der Waals surface area (Å²) >= 11 is 5.88. The van der Waals surface area contributed by atoms with Gasteiger partial charge < -0.3 is 11.1 Å². The molecule has 1 saturated carbocycles. The summed E-state index contributed by atoms with van der Waals surface area (Å²) in [7, 11) is 0. The molecule has 0 saturated heterocycles. The van der Waals surface area contributed by atoms with Gasteiger partial charge in [0, 0.05) is 17.5 Å². The van der Waals surface area contributed by atoms with Gasteiger partial charge in [-0.15, -0.1) is 12.4 Å². The van der Waals surface area contributed by atoms with E-state index in [1.54, 1.807) is 0 Å². The highest BCUT2D eigenvalue weighted by Crippen LogP contribution is 2.41. The van der Waals surface area contributed by atoms with E-state index >= 15 is 0 Å². The standard InChI is InChI=1S/C14H19ClN2O.ClH/c1-9(16)8-13(18)17-14(10-2-3-10)11-4-6-12(15)7-5-11;/h4-7,9-10,14H,2-3,8,16H2,1H3,(H,17,18);1H. The summed E-state index contributed by atoms with van der Waals surface area (Å²) in [5, 5.41) is 3.80. The molecule has 0 bridgehead atoms. The molecule has 2 rings (SSSR count). The monoisotopic (exact) mass is 302 g/mol. The van der Waals surface area contributed by atoms with Gasteiger partial charge in [-0.25, -0.2) is 0 Å². The van der Waals surface area contributed by atoms with E-state index in [0.29, 0.717) is 12.3 Å². The molecule has 106 valence electrons. The quantitative estimate of drug-likeness (QED) is 0.878. The minimum absolute atomic E-state index is 0. The Labute approximate surface area is 125 Å². The molecule has 1 aromatic carbocycles. The maximum Gasteiger partial charge on any atom is 0.222 e. The van der Waals surface area contributed by atoms with Crippen molar-refractivity contribution in [1.82, 2.24) is 5.32 Å². The molecule has 0 aromatic heterocycles. The Morgan fingerprint density at radius 2 is 2.00 bits per heavy atom. The highest BCUT2D eigenvalue weighted by atomic mass is 35.5. The highest BCUT2D eigenvalue weighted by Gasteiger charge is 2.33. The van der Waals surface area contributed by atoms with Crippen LogP contribution in [0.25, 0.3) is 0 Å². The summed E-state index contributed by atoms with van der Waals surface area (Å²) in [6.45, 7) is 1.84. The molecule has 3 N–H and O–H groups in total. The molecule has 1 aliphatic rings. The van der Waals surface area contributed by atoms with Gasteiger partial charge in [0.05, 0.1) is 6.04 Å². The molecule has 2 unspecified atom stereocenters. The van der Waals surface area contributed by atoms with Crippen LogP contribution in [0.3, 0.4) is 0 Å². The van der Waals surface area contributed by atoms with Crippen molar-refractivity contribution in [2.45, 2.75) is 38.3 Å². The average Bonchev–Trinajstić information content (AvgIpc) is 3.10. The van der Waals surface area contributed by atoms with Gasteiger partial charge in [0.2, 0.25) is 5.91 Å². The Kier molecular flexibility index (Phi) is 6.11. The zero-order chi connectivity index (χ0) is 13.1. The minimum atomic E-state index is -0.102. The third-order valence-corrected chi connectivity index (χ3v) is 3.40. The lowest BCUT2D eigenvalue weighted by Gasteiger charge is -2.19. The Bertz CT molecular complexity index is 416. The van der Waals surface area contributed by atoms with E-state index < -0.39 is 0 Å². The summed E-state index contributed by atoms with van der Waals surface area (Å²) in [5.74, 6) is 0.583. The first kappa shape index (κ1) is 16.3. The van der Waals surface area contributed by atoms with Gasteiger partial charge in [-0.2, -0.15) is 0 Å². The number of halogens is 2. The zero-order valence-corrected chi connectivity index (χ0v) is 12.5. The highest BCUT2D eigenvalue weighted by molar-refractivity contribution is 6.30. The van der Waals surface area contributed by atoms with E-state index in [0.717, 1.165) is 10.6 Å². The summed E-state index contributed by atoms with van der Waals surface area (Å²) < 4.78 is 0. The van der Waals surface area contributed by atoms with E-state index in [2.05, 4.69) is 5.32 Å². The lowest BCUT2D eigenvalue weighted by atomic mass is 10.0. The van der Waals surface area contributed by atoms with Gasteiger partial charge >= 0.3 is 0 Å². The first-order chi connectivity index (χ1) is 8.56. The van der Waals surface area contributed by atoms with Crippen molar-refractivity contribution in [2.75, 3.05) is 0 Å². The third kappa shape index (κ3) is 5.01. The molecular weight excluding hydrogens is 283 g/mol. The fourth-order valence-corrected chi connectivity index (χ4v) is 2.22. The molecule has 0 radical (unpaired) electrons. The van der Waals surface area contributed by atoms with Gasteiger partial charge in [-0.3, -0.25) is 4.79 Å². The Balaban J connectivity index is 0.00000180. The van der Waals surface area contributed by atoms with Crippen LogP contribution in [0.15, 0.2) is 24.3 Å². The van der Waals surface area contributed by atoms with Crippen LogP contribution in [-0.2, 0) is 4.79 Å². The van der Waals surface area contributed by atoms with E-state index in [1.165, 1.54) is 12.8 Å². The first-order valence-electron chi connectivity index (χ1n) is 6.36. The van der Waals surface area contributed by atoms with Crippen molar-refractivity contribution >= 4 is 29.9 Å². The number of benzene rings is 1. The lowest BCUT2D eigenvalue weighted by Crippen LogP contribution is -2.33. The fourth-order valence-electron chi connectivity index (χ4n) is 2.10. The zero-order valence-electron chi connectivity index (χ0n) is 10.9. The van der Waals surface area contributed by atoms with Crippen LogP contribution in [-0.4, -0.2) is 11.9 Å². The molecule has 0 spiro atoms. The molecule has 0 aliphatic heterocycles. The predicted molar refractivity (Wildman–Crippen MR) is 80.6 cm³/mol. The summed E-state index contributed by atoms with van der Waals surface area (Å²) in [6, 6.07) is 7.70. The summed E-state index contributed by atoms with van der Waals surface area (Å²) in [6.07, 6.45) is 2.72. The summed E-state index contributed by atoms with van der Waals surface area (Å²) in [4.78, 5) is 11.8. The number of hydrogen-bond donors (Lipinski definition) is 2. The van der Waals surface area contributed by atoms with Crippen molar-refractivity contribution in [1.29, 1.82) is 0 Å². The topological polar surface area (TPSA) is 55.1 Å². The Morgan fingerprint density at radius 3 is 2.47 bits per heavy atom. The molecule has 1 aliphatic carbocycles. The number of amides is 1. The van der Waals surface area contributed by atoms with E-state index in [4.69, 9.17) is 17.3 Å². The van der Waals surface area contributed by atoms with E-state index in [-0.39, 0.29) is 30.4 Å². The smallest absolute Gasteiger partial charge is 0.222 e. The predicted octanol–water partition coefficient (Wildman–Crippen LogP) is 3.07. The molecule has 1 aromatic rings. The molecular formula is C14H20Cl2N2O. The molecule has 0 heterocycles.